The summed E-state index contributed by atoms with van der Waals surface area (Å²) in [5, 5.41) is 6.81. The van der Waals surface area contributed by atoms with Crippen molar-refractivity contribution in [3.05, 3.63) is 59.8 Å². The fourth-order valence-corrected chi connectivity index (χ4v) is 4.29. The van der Waals surface area contributed by atoms with Crippen LogP contribution >= 0.6 is 0 Å². The first kappa shape index (κ1) is 22.2. The quantitative estimate of drug-likeness (QED) is 0.434. The largest absolute Gasteiger partial charge is 0.465 e. The predicted octanol–water partition coefficient (Wildman–Crippen LogP) is 6.01. The Balaban J connectivity index is 1.31. The Labute approximate surface area is 198 Å². The van der Waals surface area contributed by atoms with E-state index in [1.165, 1.54) is 0 Å². The first-order valence-corrected chi connectivity index (χ1v) is 11.8. The van der Waals surface area contributed by atoms with Crippen molar-refractivity contribution in [2.24, 2.45) is 0 Å². The molecule has 7 heteroatoms. The van der Waals surface area contributed by atoms with Crippen molar-refractivity contribution in [2.75, 3.05) is 11.9 Å². The third-order valence-electron chi connectivity index (χ3n) is 6.75. The summed E-state index contributed by atoms with van der Waals surface area (Å²) >= 11 is 0. The lowest BCUT2D eigenvalue weighted by Crippen LogP contribution is -2.27. The number of nitrogens with zero attached hydrogens (tertiary/aromatic N) is 1. The Hall–Kier alpha value is -3.61. The Bertz CT molecular complexity index is 1190. The van der Waals surface area contributed by atoms with Crippen molar-refractivity contribution >= 4 is 17.7 Å². The Morgan fingerprint density at radius 2 is 1.65 bits per heavy atom. The number of anilines is 1. The average molecular weight is 461 g/mol. The van der Waals surface area contributed by atoms with E-state index in [4.69, 9.17) is 14.0 Å². The molecule has 0 bridgehead atoms. The maximum atomic E-state index is 12.4. The van der Waals surface area contributed by atoms with Crippen LogP contribution in [0.2, 0.25) is 0 Å². The highest BCUT2D eigenvalue weighted by Crippen LogP contribution is 2.49. The predicted molar refractivity (Wildman–Crippen MR) is 127 cm³/mol. The first-order chi connectivity index (χ1) is 16.5. The molecule has 2 aromatic carbocycles. The van der Waals surface area contributed by atoms with Crippen LogP contribution in [-0.4, -0.2) is 29.9 Å². The second kappa shape index (κ2) is 8.97. The molecule has 1 aromatic heterocycles. The molecule has 0 radical (unpaired) electrons. The molecule has 0 aliphatic heterocycles. The molecule has 1 N–H and O–H groups in total. The summed E-state index contributed by atoms with van der Waals surface area (Å²) in [6.45, 7) is 4.01. The van der Waals surface area contributed by atoms with Crippen LogP contribution in [-0.2, 0) is 19.7 Å². The van der Waals surface area contributed by atoms with Gasteiger partial charge in [0, 0.05) is 5.56 Å². The van der Waals surface area contributed by atoms with Crippen molar-refractivity contribution in [1.29, 1.82) is 0 Å². The van der Waals surface area contributed by atoms with Gasteiger partial charge in [0.2, 0.25) is 0 Å². The lowest BCUT2D eigenvalue weighted by Gasteiger charge is -2.25. The number of ether oxygens (including phenoxy) is 2. The Kier molecular flexibility index (Phi) is 5.86. The van der Waals surface area contributed by atoms with E-state index in [2.05, 4.69) is 10.5 Å². The van der Waals surface area contributed by atoms with E-state index in [1.54, 1.807) is 6.92 Å². The highest BCUT2D eigenvalue weighted by atomic mass is 16.6. The lowest BCUT2D eigenvalue weighted by molar-refractivity contribution is -0.146. The van der Waals surface area contributed by atoms with Crippen molar-refractivity contribution in [1.82, 2.24) is 5.16 Å². The highest BCUT2D eigenvalue weighted by molar-refractivity contribution is 5.91. The van der Waals surface area contributed by atoms with Gasteiger partial charge in [-0.05, 0) is 62.6 Å². The number of aromatic nitrogens is 1. The van der Waals surface area contributed by atoms with Crippen LogP contribution in [0.25, 0.3) is 22.5 Å². The zero-order valence-electron chi connectivity index (χ0n) is 19.4. The zero-order chi connectivity index (χ0) is 23.7. The molecule has 2 aliphatic rings. The minimum Gasteiger partial charge on any atom is -0.465 e. The summed E-state index contributed by atoms with van der Waals surface area (Å²) in [6.07, 6.45) is 4.11. The van der Waals surface area contributed by atoms with E-state index >= 15 is 0 Å². The van der Waals surface area contributed by atoms with Gasteiger partial charge in [0.05, 0.1) is 12.0 Å². The number of benzene rings is 2. The van der Waals surface area contributed by atoms with Crippen LogP contribution in [0.4, 0.5) is 10.5 Å². The number of nitrogens with one attached hydrogen (secondary N) is 1. The van der Waals surface area contributed by atoms with Crippen molar-refractivity contribution in [3.8, 4) is 22.5 Å². The average Bonchev–Trinajstić information content (AvgIpc) is 3.56. The smallest absolute Gasteiger partial charge is 0.412 e. The second-order valence-corrected chi connectivity index (χ2v) is 9.01. The van der Waals surface area contributed by atoms with Crippen molar-refractivity contribution in [2.45, 2.75) is 57.5 Å². The van der Waals surface area contributed by atoms with Crippen molar-refractivity contribution in [3.63, 3.8) is 0 Å². The summed E-state index contributed by atoms with van der Waals surface area (Å²) in [7, 11) is 0. The summed E-state index contributed by atoms with van der Waals surface area (Å²) < 4.78 is 16.2. The zero-order valence-corrected chi connectivity index (χ0v) is 19.4. The molecular weight excluding hydrogens is 432 g/mol. The fourth-order valence-electron chi connectivity index (χ4n) is 4.29. The summed E-state index contributed by atoms with van der Waals surface area (Å²) in [5.41, 5.74) is 4.54. The first-order valence-electron chi connectivity index (χ1n) is 11.8. The number of hydrogen-bond acceptors (Lipinski definition) is 6. The second-order valence-electron chi connectivity index (χ2n) is 9.01. The van der Waals surface area contributed by atoms with Gasteiger partial charge < -0.3 is 14.0 Å². The van der Waals surface area contributed by atoms with Crippen LogP contribution in [0.5, 0.6) is 0 Å². The van der Waals surface area contributed by atoms with Gasteiger partial charge in [0.1, 0.15) is 17.5 Å². The van der Waals surface area contributed by atoms with E-state index in [0.29, 0.717) is 23.7 Å². The van der Waals surface area contributed by atoms with E-state index in [9.17, 15) is 9.59 Å². The molecule has 0 spiro atoms. The third-order valence-corrected chi connectivity index (χ3v) is 6.75. The summed E-state index contributed by atoms with van der Waals surface area (Å²) in [6, 6.07) is 16.0. The number of hydrogen-bond donors (Lipinski definition) is 1. The van der Waals surface area contributed by atoms with Gasteiger partial charge in [-0.25, -0.2) is 4.79 Å². The van der Waals surface area contributed by atoms with E-state index < -0.39 is 11.5 Å². The topological polar surface area (TPSA) is 90.7 Å². The maximum Gasteiger partial charge on any atom is 0.412 e. The van der Waals surface area contributed by atoms with Crippen LogP contribution in [0, 0.1) is 6.92 Å². The molecule has 0 atom stereocenters. The monoisotopic (exact) mass is 460 g/mol. The van der Waals surface area contributed by atoms with Gasteiger partial charge in [-0.3, -0.25) is 10.1 Å². The summed E-state index contributed by atoms with van der Waals surface area (Å²) in [5.74, 6) is 0.366. The number of carbonyl (C=O) groups is 2. The molecule has 34 heavy (non-hydrogen) atoms. The molecule has 0 unspecified atom stereocenters. The van der Waals surface area contributed by atoms with Gasteiger partial charge >= 0.3 is 12.1 Å². The lowest BCUT2D eigenvalue weighted by atomic mass is 9.93. The molecule has 7 nitrogen and oxygen atoms in total. The highest BCUT2D eigenvalue weighted by Gasteiger charge is 2.52. The SMILES string of the molecule is CCOC(=O)C1(c2ccc(-c3ccc(-c4onc(C)c4NC(=O)OC4CCC4)cc3)cc2)CC1. The van der Waals surface area contributed by atoms with Gasteiger partial charge in [0.25, 0.3) is 0 Å². The van der Waals surface area contributed by atoms with E-state index in [-0.39, 0.29) is 12.1 Å². The fraction of sp³-hybridized carbons (Fsp3) is 0.370. The molecule has 2 fully saturated rings. The standard InChI is InChI=1S/C27H28N2O5/c1-3-32-25(30)27(15-16-27)21-13-11-19(12-14-21)18-7-9-20(10-8-18)24-23(17(2)29-34-24)28-26(31)33-22-5-4-6-22/h7-14,22H,3-6,15-16H2,1-2H3,(H,28,31). The molecule has 176 valence electrons. The summed E-state index contributed by atoms with van der Waals surface area (Å²) in [4.78, 5) is 24.6. The molecule has 0 saturated heterocycles. The number of aryl methyl sites for hydroxylation is 1. The van der Waals surface area contributed by atoms with Gasteiger partial charge in [0.15, 0.2) is 5.76 Å². The van der Waals surface area contributed by atoms with Gasteiger partial charge in [-0.1, -0.05) is 53.7 Å². The van der Waals surface area contributed by atoms with E-state index in [1.807, 2.05) is 55.5 Å². The van der Waals surface area contributed by atoms with Crippen LogP contribution < -0.4 is 5.32 Å². The normalized spacial score (nSPS) is 16.4. The molecule has 1 amide bonds. The molecule has 3 aromatic rings. The number of esters is 1. The third kappa shape index (κ3) is 4.18. The number of rotatable bonds is 7. The van der Waals surface area contributed by atoms with E-state index in [0.717, 1.165) is 54.4 Å². The van der Waals surface area contributed by atoms with Gasteiger partial charge in [-0.2, -0.15) is 0 Å². The maximum absolute atomic E-state index is 12.4. The minimum absolute atomic E-state index is 0.00127. The molecular formula is C27H28N2O5. The Morgan fingerprint density at radius 3 is 2.21 bits per heavy atom. The minimum atomic E-state index is -0.481. The van der Waals surface area contributed by atoms with Crippen LogP contribution in [0.15, 0.2) is 53.1 Å². The molecule has 1 heterocycles. The molecule has 2 saturated carbocycles. The molecule has 5 rings (SSSR count). The van der Waals surface area contributed by atoms with Crippen molar-refractivity contribution < 1.29 is 23.6 Å². The molecule has 2 aliphatic carbocycles. The van der Waals surface area contributed by atoms with Gasteiger partial charge in [-0.15, -0.1) is 0 Å². The number of amides is 1. The van der Waals surface area contributed by atoms with Crippen LogP contribution in [0.3, 0.4) is 0 Å². The Morgan fingerprint density at radius 1 is 1.03 bits per heavy atom. The van der Waals surface area contributed by atoms with Crippen LogP contribution in [0.1, 0.15) is 50.3 Å². The number of carbonyl (C=O) groups excluding carboxylic acids is 2.